The molecular weight excluding hydrogens is 316 g/mol. The van der Waals surface area contributed by atoms with Crippen LogP contribution in [-0.2, 0) is 30.5 Å². The Bertz CT molecular complexity index is 582. The maximum absolute atomic E-state index is 12.0. The van der Waals surface area contributed by atoms with Gasteiger partial charge in [0, 0.05) is 0 Å². The lowest BCUT2D eigenvalue weighted by molar-refractivity contribution is -0.170. The zero-order chi connectivity index (χ0) is 17.7. The van der Waals surface area contributed by atoms with Gasteiger partial charge < -0.3 is 26.5 Å². The SMILES string of the molecule is CC(C)(C)OC(=O)CC(N)(C(=O)O)C(=O)OCc1ccccc1.N. The van der Waals surface area contributed by atoms with Crippen molar-refractivity contribution in [2.75, 3.05) is 0 Å². The third-order valence-electron chi connectivity index (χ3n) is 2.80. The molecule has 6 N–H and O–H groups in total. The first kappa shape index (κ1) is 21.6. The molecule has 0 aliphatic heterocycles. The number of carboxylic acids is 1. The van der Waals surface area contributed by atoms with Crippen molar-refractivity contribution in [3.8, 4) is 0 Å². The van der Waals surface area contributed by atoms with Crippen LogP contribution in [0.1, 0.15) is 32.8 Å². The molecule has 8 nitrogen and oxygen atoms in total. The molecule has 0 aliphatic rings. The zero-order valence-electron chi connectivity index (χ0n) is 14.1. The van der Waals surface area contributed by atoms with Crippen LogP contribution in [0.2, 0.25) is 0 Å². The van der Waals surface area contributed by atoms with Crippen LogP contribution < -0.4 is 11.9 Å². The maximum Gasteiger partial charge on any atom is 0.338 e. The summed E-state index contributed by atoms with van der Waals surface area (Å²) in [5.74, 6) is -3.74. The molecule has 0 heterocycles. The van der Waals surface area contributed by atoms with Gasteiger partial charge in [0.2, 0.25) is 5.54 Å². The largest absolute Gasteiger partial charge is 0.479 e. The Morgan fingerprint density at radius 1 is 1.12 bits per heavy atom. The minimum absolute atomic E-state index is 0. The standard InChI is InChI=1S/C16H21NO6.H3N/c1-15(2,3)23-12(18)9-16(17,13(19)20)14(21)22-10-11-7-5-4-6-8-11;/h4-8H,9-10,17H2,1-3H3,(H,19,20);1H3. The summed E-state index contributed by atoms with van der Waals surface area (Å²) >= 11 is 0. The maximum atomic E-state index is 12.0. The molecule has 1 atom stereocenters. The number of nitrogens with two attached hydrogens (primary N) is 1. The van der Waals surface area contributed by atoms with Crippen LogP contribution in [0.5, 0.6) is 0 Å². The van der Waals surface area contributed by atoms with Crippen LogP contribution in [0.15, 0.2) is 30.3 Å². The fourth-order valence-corrected chi connectivity index (χ4v) is 1.69. The number of carbonyl (C=O) groups excluding carboxylic acids is 2. The molecule has 24 heavy (non-hydrogen) atoms. The Morgan fingerprint density at radius 3 is 2.12 bits per heavy atom. The lowest BCUT2D eigenvalue weighted by Gasteiger charge is -2.25. The Kier molecular flexibility index (Phi) is 7.56. The van der Waals surface area contributed by atoms with Gasteiger partial charge in [0.05, 0.1) is 6.42 Å². The van der Waals surface area contributed by atoms with Crippen molar-refractivity contribution in [1.82, 2.24) is 6.15 Å². The van der Waals surface area contributed by atoms with Gasteiger partial charge >= 0.3 is 17.9 Å². The van der Waals surface area contributed by atoms with Gasteiger partial charge in [0.25, 0.3) is 0 Å². The molecule has 0 aliphatic carbocycles. The zero-order valence-corrected chi connectivity index (χ0v) is 14.1. The highest BCUT2D eigenvalue weighted by atomic mass is 16.6. The highest BCUT2D eigenvalue weighted by Gasteiger charge is 2.47. The highest BCUT2D eigenvalue weighted by molar-refractivity contribution is 6.06. The molecule has 0 bridgehead atoms. The normalized spacial score (nSPS) is 13.2. The quantitative estimate of drug-likeness (QED) is 0.519. The number of hydrogen-bond donors (Lipinski definition) is 3. The molecule has 1 rings (SSSR count). The Hall–Kier alpha value is -2.45. The number of hydrogen-bond acceptors (Lipinski definition) is 7. The molecule has 0 saturated carbocycles. The first-order valence-electron chi connectivity index (χ1n) is 7.00. The van der Waals surface area contributed by atoms with Gasteiger partial charge in [-0.05, 0) is 26.3 Å². The van der Waals surface area contributed by atoms with Crippen molar-refractivity contribution in [2.24, 2.45) is 5.73 Å². The van der Waals surface area contributed by atoms with E-state index in [1.807, 2.05) is 0 Å². The monoisotopic (exact) mass is 340 g/mol. The van der Waals surface area contributed by atoms with Crippen LogP contribution in [-0.4, -0.2) is 34.2 Å². The number of benzene rings is 1. The first-order chi connectivity index (χ1) is 10.5. The van der Waals surface area contributed by atoms with Gasteiger partial charge in [-0.3, -0.25) is 4.79 Å². The second-order valence-corrected chi connectivity index (χ2v) is 6.10. The van der Waals surface area contributed by atoms with Gasteiger partial charge in [-0.25, -0.2) is 9.59 Å². The van der Waals surface area contributed by atoms with Crippen LogP contribution in [0.4, 0.5) is 0 Å². The Labute approximate surface area is 140 Å². The van der Waals surface area contributed by atoms with E-state index in [1.54, 1.807) is 51.1 Å². The molecule has 0 saturated heterocycles. The number of rotatable bonds is 6. The molecule has 0 amide bonds. The van der Waals surface area contributed by atoms with Crippen LogP contribution in [0.25, 0.3) is 0 Å². The predicted octanol–water partition coefficient (Wildman–Crippen LogP) is 1.41. The van der Waals surface area contributed by atoms with E-state index >= 15 is 0 Å². The molecule has 134 valence electrons. The second kappa shape index (κ2) is 8.42. The van der Waals surface area contributed by atoms with Crippen molar-refractivity contribution >= 4 is 17.9 Å². The minimum atomic E-state index is -2.49. The van der Waals surface area contributed by atoms with Crippen molar-refractivity contribution in [2.45, 2.75) is 44.9 Å². The molecule has 0 fully saturated rings. The summed E-state index contributed by atoms with van der Waals surface area (Å²) in [6.07, 6.45) is -0.812. The lowest BCUT2D eigenvalue weighted by atomic mass is 9.96. The fraction of sp³-hybridized carbons (Fsp3) is 0.438. The van der Waals surface area contributed by atoms with E-state index < -0.39 is 35.5 Å². The molecule has 0 radical (unpaired) electrons. The highest BCUT2D eigenvalue weighted by Crippen LogP contribution is 2.16. The van der Waals surface area contributed by atoms with Crippen LogP contribution in [0, 0.1) is 0 Å². The van der Waals surface area contributed by atoms with E-state index in [2.05, 4.69) is 0 Å². The number of carboxylic acid groups (broad SMARTS) is 1. The predicted molar refractivity (Wildman–Crippen MR) is 86.3 cm³/mol. The number of carbonyl (C=O) groups is 3. The molecule has 1 unspecified atom stereocenters. The van der Waals surface area contributed by atoms with Crippen LogP contribution in [0.3, 0.4) is 0 Å². The summed E-state index contributed by atoms with van der Waals surface area (Å²) < 4.78 is 9.94. The van der Waals surface area contributed by atoms with Gasteiger partial charge in [0.15, 0.2) is 0 Å². The van der Waals surface area contributed by atoms with Crippen molar-refractivity contribution in [1.29, 1.82) is 0 Å². The lowest BCUT2D eigenvalue weighted by Crippen LogP contribution is -2.57. The fourth-order valence-electron chi connectivity index (χ4n) is 1.69. The van der Waals surface area contributed by atoms with Gasteiger partial charge in [-0.2, -0.15) is 0 Å². The molecular formula is C16H24N2O6. The van der Waals surface area contributed by atoms with E-state index in [0.717, 1.165) is 0 Å². The molecule has 0 aromatic heterocycles. The Morgan fingerprint density at radius 2 is 1.67 bits per heavy atom. The molecule has 0 spiro atoms. The van der Waals surface area contributed by atoms with E-state index in [0.29, 0.717) is 5.56 Å². The average molecular weight is 340 g/mol. The van der Waals surface area contributed by atoms with E-state index in [4.69, 9.17) is 15.2 Å². The first-order valence-corrected chi connectivity index (χ1v) is 7.00. The molecule has 1 aromatic carbocycles. The summed E-state index contributed by atoms with van der Waals surface area (Å²) in [6.45, 7) is 4.73. The summed E-state index contributed by atoms with van der Waals surface area (Å²) in [5.41, 5.74) is 2.96. The third kappa shape index (κ3) is 6.35. The van der Waals surface area contributed by atoms with Crippen molar-refractivity contribution in [3.05, 3.63) is 35.9 Å². The summed E-state index contributed by atoms with van der Waals surface area (Å²) in [6, 6.07) is 8.70. The molecule has 8 heteroatoms. The number of esters is 2. The van der Waals surface area contributed by atoms with Crippen LogP contribution >= 0.6 is 0 Å². The van der Waals surface area contributed by atoms with E-state index in [-0.39, 0.29) is 12.8 Å². The smallest absolute Gasteiger partial charge is 0.338 e. The number of aliphatic carboxylic acids is 1. The van der Waals surface area contributed by atoms with E-state index in [1.165, 1.54) is 0 Å². The average Bonchev–Trinajstić information content (AvgIpc) is 2.43. The third-order valence-corrected chi connectivity index (χ3v) is 2.80. The van der Waals surface area contributed by atoms with Gasteiger partial charge in [0.1, 0.15) is 12.2 Å². The van der Waals surface area contributed by atoms with Gasteiger partial charge in [-0.15, -0.1) is 0 Å². The Balaban J connectivity index is 0.00000529. The molecule has 1 aromatic rings. The number of ether oxygens (including phenoxy) is 2. The topological polar surface area (TPSA) is 151 Å². The van der Waals surface area contributed by atoms with Gasteiger partial charge in [-0.1, -0.05) is 30.3 Å². The van der Waals surface area contributed by atoms with E-state index in [9.17, 15) is 19.5 Å². The summed E-state index contributed by atoms with van der Waals surface area (Å²) in [7, 11) is 0. The summed E-state index contributed by atoms with van der Waals surface area (Å²) in [5, 5.41) is 9.21. The summed E-state index contributed by atoms with van der Waals surface area (Å²) in [4.78, 5) is 35.2. The van der Waals surface area contributed by atoms with Crippen molar-refractivity contribution in [3.63, 3.8) is 0 Å². The minimum Gasteiger partial charge on any atom is -0.479 e. The van der Waals surface area contributed by atoms with Crippen molar-refractivity contribution < 1.29 is 29.0 Å². The second-order valence-electron chi connectivity index (χ2n) is 6.10.